The molecule has 0 bridgehead atoms. The number of esters is 1. The van der Waals surface area contributed by atoms with Gasteiger partial charge in [-0.05, 0) is 53.2 Å². The molecule has 7 nitrogen and oxygen atoms in total. The summed E-state index contributed by atoms with van der Waals surface area (Å²) in [7, 11) is 0. The molecule has 29 heavy (non-hydrogen) atoms. The van der Waals surface area contributed by atoms with Crippen LogP contribution in [-0.4, -0.2) is 17.5 Å². The molecule has 0 aromatic heterocycles. The molecule has 0 radical (unpaired) electrons. The minimum absolute atomic E-state index is 0.0422. The maximum Gasteiger partial charge on any atom is 0.416 e. The second-order valence-electron chi connectivity index (χ2n) is 5.63. The Balaban J connectivity index is 2.46. The van der Waals surface area contributed by atoms with Gasteiger partial charge in [0.15, 0.2) is 0 Å². The first-order valence-corrected chi connectivity index (χ1v) is 8.89. The van der Waals surface area contributed by atoms with Crippen molar-refractivity contribution >= 4 is 38.8 Å². The van der Waals surface area contributed by atoms with E-state index in [2.05, 4.69) is 21.2 Å². The van der Waals surface area contributed by atoms with E-state index in [4.69, 9.17) is 10.5 Å². The number of anilines is 1. The van der Waals surface area contributed by atoms with Crippen LogP contribution in [0.25, 0.3) is 5.57 Å². The highest BCUT2D eigenvalue weighted by Gasteiger charge is 2.30. The number of carbonyl (C=O) groups is 1. The molecule has 0 saturated carbocycles. The summed E-state index contributed by atoms with van der Waals surface area (Å²) in [5, 5.41) is 13.6. The zero-order chi connectivity index (χ0) is 21.8. The maximum atomic E-state index is 12.7. The molecule has 2 rings (SSSR count). The van der Waals surface area contributed by atoms with Crippen molar-refractivity contribution in [2.45, 2.75) is 13.1 Å². The van der Waals surface area contributed by atoms with E-state index < -0.39 is 22.6 Å². The Bertz CT molecular complexity index is 960. The normalized spacial score (nSPS) is 12.2. The number of non-ortho nitro benzene ring substituents is 1. The van der Waals surface area contributed by atoms with Gasteiger partial charge in [-0.25, -0.2) is 4.79 Å². The number of ether oxygens (including phenoxy) is 1. The summed E-state index contributed by atoms with van der Waals surface area (Å²) in [4.78, 5) is 22.7. The van der Waals surface area contributed by atoms with Gasteiger partial charge in [-0.1, -0.05) is 0 Å². The second-order valence-corrected chi connectivity index (χ2v) is 6.48. The van der Waals surface area contributed by atoms with Crippen molar-refractivity contribution in [3.8, 4) is 0 Å². The number of nitro benzene ring substituents is 1. The molecule has 0 heterocycles. The van der Waals surface area contributed by atoms with Crippen LogP contribution in [0.3, 0.4) is 0 Å². The molecule has 0 aliphatic heterocycles. The molecule has 0 atom stereocenters. The van der Waals surface area contributed by atoms with Gasteiger partial charge in [0.05, 0.1) is 17.1 Å². The van der Waals surface area contributed by atoms with E-state index in [9.17, 15) is 28.1 Å². The molecule has 11 heteroatoms. The fourth-order valence-electron chi connectivity index (χ4n) is 2.35. The van der Waals surface area contributed by atoms with E-state index in [1.807, 2.05) is 0 Å². The lowest BCUT2D eigenvalue weighted by Gasteiger charge is -2.15. The van der Waals surface area contributed by atoms with E-state index in [0.29, 0.717) is 0 Å². The van der Waals surface area contributed by atoms with Crippen LogP contribution < -0.4 is 11.1 Å². The van der Waals surface area contributed by atoms with Crippen LogP contribution in [-0.2, 0) is 15.7 Å². The quantitative estimate of drug-likeness (QED) is 0.273. The van der Waals surface area contributed by atoms with Gasteiger partial charge >= 0.3 is 12.1 Å². The molecule has 2 aromatic carbocycles. The summed E-state index contributed by atoms with van der Waals surface area (Å²) < 4.78 is 43.3. The van der Waals surface area contributed by atoms with E-state index in [0.717, 1.165) is 24.3 Å². The first kappa shape index (κ1) is 22.2. The number of halogens is 4. The van der Waals surface area contributed by atoms with Gasteiger partial charge in [-0.3, -0.25) is 10.1 Å². The third-order valence-corrected chi connectivity index (χ3v) is 4.33. The van der Waals surface area contributed by atoms with Gasteiger partial charge in [0.2, 0.25) is 0 Å². The predicted octanol–water partition coefficient (Wildman–Crippen LogP) is 4.68. The monoisotopic (exact) mass is 473 g/mol. The predicted molar refractivity (Wildman–Crippen MR) is 104 cm³/mol. The van der Waals surface area contributed by atoms with E-state index in [-0.39, 0.29) is 39.4 Å². The minimum Gasteiger partial charge on any atom is -0.462 e. The Morgan fingerprint density at radius 1 is 1.24 bits per heavy atom. The molecule has 0 fully saturated rings. The number of carbonyl (C=O) groups excluding carboxylic acids is 1. The van der Waals surface area contributed by atoms with Crippen LogP contribution in [0, 0.1) is 10.1 Å². The summed E-state index contributed by atoms with van der Waals surface area (Å²) in [5.74, 6) is -1.00. The lowest BCUT2D eigenvalue weighted by atomic mass is 10.1. The smallest absolute Gasteiger partial charge is 0.416 e. The average Bonchev–Trinajstić information content (AvgIpc) is 2.63. The van der Waals surface area contributed by atoms with Gasteiger partial charge in [0.25, 0.3) is 5.69 Å². The second kappa shape index (κ2) is 8.95. The van der Waals surface area contributed by atoms with Crippen LogP contribution in [0.2, 0.25) is 0 Å². The fraction of sp³-hybridized carbons (Fsp3) is 0.167. The highest BCUT2D eigenvalue weighted by Crippen LogP contribution is 2.32. The van der Waals surface area contributed by atoms with Crippen molar-refractivity contribution in [3.63, 3.8) is 0 Å². The highest BCUT2D eigenvalue weighted by molar-refractivity contribution is 9.10. The minimum atomic E-state index is -4.49. The third kappa shape index (κ3) is 5.47. The number of hydrogen-bond donors (Lipinski definition) is 2. The summed E-state index contributed by atoms with van der Waals surface area (Å²) >= 11 is 3.17. The number of nitro groups is 1. The van der Waals surface area contributed by atoms with Gasteiger partial charge in [-0.2, -0.15) is 13.2 Å². The molecular formula is C18H15BrF3N3O4. The summed E-state index contributed by atoms with van der Waals surface area (Å²) in [6, 6.07) is 7.73. The van der Waals surface area contributed by atoms with Crippen molar-refractivity contribution < 1.29 is 27.6 Å². The molecule has 0 aliphatic rings. The number of alkyl halides is 3. The number of nitrogens with two attached hydrogens (primary N) is 1. The fourth-order valence-corrected chi connectivity index (χ4v) is 2.91. The number of nitrogens with one attached hydrogen (secondary N) is 1. The first-order chi connectivity index (χ1) is 13.5. The van der Waals surface area contributed by atoms with Crippen molar-refractivity contribution in [2.75, 3.05) is 11.9 Å². The van der Waals surface area contributed by atoms with E-state index in [1.54, 1.807) is 6.92 Å². The SMILES string of the molecule is CCOC(=O)/C(=C(/N)Nc1ccc(C(F)(F)F)cc1)c1ccc([N+](=O)[O-])cc1Br. The number of hydrogen-bond acceptors (Lipinski definition) is 6. The molecule has 0 unspecified atom stereocenters. The van der Waals surface area contributed by atoms with Crippen molar-refractivity contribution in [1.82, 2.24) is 0 Å². The first-order valence-electron chi connectivity index (χ1n) is 8.10. The van der Waals surface area contributed by atoms with Gasteiger partial charge in [0.1, 0.15) is 11.4 Å². The van der Waals surface area contributed by atoms with E-state index >= 15 is 0 Å². The Labute approximate surface area is 171 Å². The maximum absolute atomic E-state index is 12.7. The zero-order valence-corrected chi connectivity index (χ0v) is 16.5. The molecule has 154 valence electrons. The van der Waals surface area contributed by atoms with Crippen LogP contribution in [0.15, 0.2) is 52.8 Å². The summed E-state index contributed by atoms with van der Waals surface area (Å²) in [6.45, 7) is 1.63. The van der Waals surface area contributed by atoms with Crippen molar-refractivity contribution in [2.24, 2.45) is 5.73 Å². The Morgan fingerprint density at radius 3 is 2.34 bits per heavy atom. The molecule has 0 saturated heterocycles. The van der Waals surface area contributed by atoms with Crippen LogP contribution in [0.1, 0.15) is 18.1 Å². The topological polar surface area (TPSA) is 107 Å². The van der Waals surface area contributed by atoms with Crippen LogP contribution >= 0.6 is 15.9 Å². The third-order valence-electron chi connectivity index (χ3n) is 3.67. The molecular weight excluding hydrogens is 459 g/mol. The van der Waals surface area contributed by atoms with E-state index in [1.165, 1.54) is 18.2 Å². The highest BCUT2D eigenvalue weighted by atomic mass is 79.9. The molecule has 0 amide bonds. The van der Waals surface area contributed by atoms with Crippen molar-refractivity contribution in [1.29, 1.82) is 0 Å². The van der Waals surface area contributed by atoms with Crippen molar-refractivity contribution in [3.05, 3.63) is 74.0 Å². The summed E-state index contributed by atoms with van der Waals surface area (Å²) in [6.07, 6.45) is -4.49. The van der Waals surface area contributed by atoms with Crippen LogP contribution in [0.4, 0.5) is 24.5 Å². The molecule has 0 aliphatic carbocycles. The lowest BCUT2D eigenvalue weighted by molar-refractivity contribution is -0.384. The Hall–Kier alpha value is -3.08. The molecule has 0 spiro atoms. The number of benzene rings is 2. The summed E-state index contributed by atoms with van der Waals surface area (Å²) in [5.41, 5.74) is 5.23. The standard InChI is InChI=1S/C18H15BrF3N3O4/c1-2-29-17(26)15(13-8-7-12(25(27)28)9-14(13)19)16(23)24-11-5-3-10(4-6-11)18(20,21)22/h3-9,24H,2,23H2,1H3/b16-15-. The number of rotatable bonds is 6. The zero-order valence-electron chi connectivity index (χ0n) is 14.9. The van der Waals surface area contributed by atoms with Gasteiger partial charge in [-0.15, -0.1) is 0 Å². The van der Waals surface area contributed by atoms with Crippen LogP contribution in [0.5, 0.6) is 0 Å². The van der Waals surface area contributed by atoms with Gasteiger partial charge < -0.3 is 15.8 Å². The molecule has 2 aromatic rings. The Kier molecular flexibility index (Phi) is 6.85. The van der Waals surface area contributed by atoms with Gasteiger partial charge in [0, 0.05) is 27.9 Å². The lowest BCUT2D eigenvalue weighted by Crippen LogP contribution is -2.19. The largest absolute Gasteiger partial charge is 0.462 e. The average molecular weight is 474 g/mol. The molecule has 3 N–H and O–H groups in total. The Morgan fingerprint density at radius 2 is 1.86 bits per heavy atom. The number of nitrogens with zero attached hydrogens (tertiary/aromatic N) is 1.